The van der Waals surface area contributed by atoms with Crippen molar-refractivity contribution in [3.8, 4) is 0 Å². The van der Waals surface area contributed by atoms with E-state index in [0.29, 0.717) is 0 Å². The Morgan fingerprint density at radius 1 is 1.20 bits per heavy atom. The molecule has 0 saturated carbocycles. The molecule has 0 aliphatic carbocycles. The maximum atomic E-state index is 9.84. The highest BCUT2D eigenvalue weighted by atomic mass is 16.6. The molecule has 90 valence electrons. The molecule has 1 rings (SSSR count). The molecule has 1 unspecified atom stereocenters. The fraction of sp³-hybridized carbons (Fsp3) is 1.00. The summed E-state index contributed by atoms with van der Waals surface area (Å²) in [5.74, 6) is -1.93. The molecule has 0 aromatic carbocycles. The molecule has 1 aliphatic heterocycles. The molecule has 0 aromatic rings. The van der Waals surface area contributed by atoms with E-state index in [1.807, 2.05) is 0 Å². The Labute approximate surface area is 86.7 Å². The maximum Gasteiger partial charge on any atom is 0.186 e. The van der Waals surface area contributed by atoms with Gasteiger partial charge in [-0.3, -0.25) is 0 Å². The number of nitrogens with two attached hydrogens (primary N) is 1. The Kier molecular flexibility index (Phi) is 4.01. The Morgan fingerprint density at radius 3 is 2.27 bits per heavy atom. The first kappa shape index (κ1) is 12.8. The van der Waals surface area contributed by atoms with E-state index >= 15 is 0 Å². The van der Waals surface area contributed by atoms with Crippen LogP contribution in [-0.2, 0) is 4.74 Å². The van der Waals surface area contributed by atoms with Crippen LogP contribution in [0.5, 0.6) is 0 Å². The van der Waals surface area contributed by atoms with Crippen LogP contribution in [0.2, 0.25) is 0 Å². The minimum absolute atomic E-state index is 0.200. The third-order valence-corrected chi connectivity index (χ3v) is 2.63. The first-order chi connectivity index (χ1) is 6.96. The number of ether oxygens (including phenoxy) is 1. The van der Waals surface area contributed by atoms with Crippen molar-refractivity contribution in [2.24, 2.45) is 5.73 Å². The Balaban J connectivity index is 2.82. The van der Waals surface area contributed by atoms with Crippen LogP contribution in [0, 0.1) is 0 Å². The predicted molar refractivity (Wildman–Crippen MR) is 48.6 cm³/mol. The van der Waals surface area contributed by atoms with Crippen LogP contribution < -0.4 is 5.73 Å². The lowest BCUT2D eigenvalue weighted by atomic mass is 9.89. The highest BCUT2D eigenvalue weighted by Gasteiger charge is 2.50. The van der Waals surface area contributed by atoms with Crippen LogP contribution in [0.3, 0.4) is 0 Å². The van der Waals surface area contributed by atoms with Gasteiger partial charge < -0.3 is 36.0 Å². The second kappa shape index (κ2) is 4.71. The van der Waals surface area contributed by atoms with Gasteiger partial charge in [-0.25, -0.2) is 0 Å². The molecule has 1 aliphatic rings. The average molecular weight is 223 g/mol. The summed E-state index contributed by atoms with van der Waals surface area (Å²) in [7, 11) is 0. The summed E-state index contributed by atoms with van der Waals surface area (Å²) >= 11 is 0. The van der Waals surface area contributed by atoms with Crippen molar-refractivity contribution in [2.75, 3.05) is 13.2 Å². The summed E-state index contributed by atoms with van der Waals surface area (Å²) in [5.41, 5.74) is 5.47. The van der Waals surface area contributed by atoms with Gasteiger partial charge in [-0.15, -0.1) is 0 Å². The van der Waals surface area contributed by atoms with Gasteiger partial charge in [0.25, 0.3) is 0 Å². The number of rotatable bonds is 3. The van der Waals surface area contributed by atoms with Gasteiger partial charge in [-0.1, -0.05) is 0 Å². The van der Waals surface area contributed by atoms with Crippen molar-refractivity contribution < 1.29 is 30.3 Å². The number of aliphatic hydroxyl groups excluding tert-OH is 4. The molecular weight excluding hydrogens is 206 g/mol. The van der Waals surface area contributed by atoms with Gasteiger partial charge in [-0.05, 0) is 0 Å². The normalized spacial score (nSPS) is 46.8. The third-order valence-electron chi connectivity index (χ3n) is 2.63. The summed E-state index contributed by atoms with van der Waals surface area (Å²) < 4.78 is 4.97. The molecule has 0 aromatic heterocycles. The molecule has 5 atom stereocenters. The zero-order valence-corrected chi connectivity index (χ0v) is 8.15. The van der Waals surface area contributed by atoms with Crippen molar-refractivity contribution in [1.82, 2.24) is 0 Å². The minimum atomic E-state index is -1.93. The molecule has 15 heavy (non-hydrogen) atoms. The largest absolute Gasteiger partial charge is 0.396 e. The molecule has 7 N–H and O–H groups in total. The maximum absolute atomic E-state index is 9.84. The molecule has 7 heteroatoms. The second-order valence-electron chi connectivity index (χ2n) is 3.66. The summed E-state index contributed by atoms with van der Waals surface area (Å²) in [5, 5.41) is 46.3. The van der Waals surface area contributed by atoms with Crippen LogP contribution in [0.4, 0.5) is 0 Å². The summed E-state index contributed by atoms with van der Waals surface area (Å²) in [6.45, 7) is -0.941. The van der Waals surface area contributed by atoms with Gasteiger partial charge >= 0.3 is 0 Å². The van der Waals surface area contributed by atoms with Gasteiger partial charge in [0.05, 0.1) is 12.6 Å². The lowest BCUT2D eigenvalue weighted by Gasteiger charge is -2.46. The smallest absolute Gasteiger partial charge is 0.186 e. The second-order valence-corrected chi connectivity index (χ2v) is 3.66. The first-order valence-electron chi connectivity index (χ1n) is 4.70. The Hall–Kier alpha value is -0.280. The van der Waals surface area contributed by atoms with Gasteiger partial charge in [-0.2, -0.15) is 0 Å². The SMILES string of the molecule is N[C@@H]1[C@@H](O)[C@H](O)[C@@H](CO)OC1(O)CCO. The van der Waals surface area contributed by atoms with E-state index < -0.39 is 36.7 Å². The van der Waals surface area contributed by atoms with Crippen molar-refractivity contribution in [1.29, 1.82) is 0 Å². The van der Waals surface area contributed by atoms with E-state index in [2.05, 4.69) is 0 Å². The lowest BCUT2D eigenvalue weighted by molar-refractivity contribution is -0.318. The van der Waals surface area contributed by atoms with Crippen LogP contribution in [0.25, 0.3) is 0 Å². The average Bonchev–Trinajstić information content (AvgIpc) is 2.21. The van der Waals surface area contributed by atoms with Crippen LogP contribution in [-0.4, -0.2) is 68.9 Å². The quantitative estimate of drug-likeness (QED) is 0.292. The molecule has 1 fully saturated rings. The molecule has 1 heterocycles. The van der Waals surface area contributed by atoms with Gasteiger partial charge in [0, 0.05) is 13.0 Å². The topological polar surface area (TPSA) is 136 Å². The molecule has 0 spiro atoms. The van der Waals surface area contributed by atoms with Crippen molar-refractivity contribution in [3.05, 3.63) is 0 Å². The minimum Gasteiger partial charge on any atom is -0.396 e. The molecule has 0 radical (unpaired) electrons. The van der Waals surface area contributed by atoms with E-state index in [4.69, 9.17) is 20.7 Å². The van der Waals surface area contributed by atoms with Gasteiger partial charge in [0.2, 0.25) is 0 Å². The molecule has 7 nitrogen and oxygen atoms in total. The summed E-state index contributed by atoms with van der Waals surface area (Å²) in [4.78, 5) is 0. The van der Waals surface area contributed by atoms with Crippen LogP contribution in [0.15, 0.2) is 0 Å². The number of aliphatic hydroxyl groups is 5. The van der Waals surface area contributed by atoms with Gasteiger partial charge in [0.1, 0.15) is 18.3 Å². The van der Waals surface area contributed by atoms with Crippen molar-refractivity contribution >= 4 is 0 Å². The zero-order chi connectivity index (χ0) is 11.6. The zero-order valence-electron chi connectivity index (χ0n) is 8.15. The van der Waals surface area contributed by atoms with E-state index in [1.54, 1.807) is 0 Å². The lowest BCUT2D eigenvalue weighted by Crippen LogP contribution is -2.68. The molecule has 0 bridgehead atoms. The van der Waals surface area contributed by atoms with Crippen LogP contribution >= 0.6 is 0 Å². The number of hydrogen-bond donors (Lipinski definition) is 6. The highest BCUT2D eigenvalue weighted by Crippen LogP contribution is 2.29. The molecular formula is C8H17NO6. The molecule has 0 amide bonds. The van der Waals surface area contributed by atoms with E-state index in [0.717, 1.165) is 0 Å². The van der Waals surface area contributed by atoms with Gasteiger partial charge in [0.15, 0.2) is 5.79 Å². The van der Waals surface area contributed by atoms with E-state index in [1.165, 1.54) is 0 Å². The summed E-state index contributed by atoms with van der Waals surface area (Å²) in [6, 6.07) is -1.23. The van der Waals surface area contributed by atoms with Crippen molar-refractivity contribution in [3.63, 3.8) is 0 Å². The summed E-state index contributed by atoms with van der Waals surface area (Å²) in [6.07, 6.45) is -4.08. The number of hydrogen-bond acceptors (Lipinski definition) is 7. The third kappa shape index (κ3) is 2.28. The van der Waals surface area contributed by atoms with Crippen LogP contribution in [0.1, 0.15) is 6.42 Å². The van der Waals surface area contributed by atoms with Crippen molar-refractivity contribution in [2.45, 2.75) is 36.6 Å². The molecule has 1 saturated heterocycles. The fourth-order valence-corrected chi connectivity index (χ4v) is 1.64. The van der Waals surface area contributed by atoms with E-state index in [9.17, 15) is 15.3 Å². The van der Waals surface area contributed by atoms with E-state index in [-0.39, 0.29) is 13.0 Å². The Bertz CT molecular complexity index is 213. The monoisotopic (exact) mass is 223 g/mol. The fourth-order valence-electron chi connectivity index (χ4n) is 1.64. The Morgan fingerprint density at radius 2 is 1.80 bits per heavy atom. The highest BCUT2D eigenvalue weighted by molar-refractivity contribution is 4.98. The first-order valence-corrected chi connectivity index (χ1v) is 4.70. The predicted octanol–water partition coefficient (Wildman–Crippen LogP) is -3.50. The standard InChI is InChI=1S/C8H17NO6/c9-7-6(13)5(12)4(3-11)15-8(7,14)1-2-10/h4-7,10-14H,1-3,9H2/t4-,5-,6+,7-,8?/m1/s1.